The highest BCUT2D eigenvalue weighted by Gasteiger charge is 2.09. The van der Waals surface area contributed by atoms with Crippen molar-refractivity contribution < 1.29 is 14.8 Å². The lowest BCUT2D eigenvalue weighted by Crippen LogP contribution is -2.16. The summed E-state index contributed by atoms with van der Waals surface area (Å²) in [5.74, 6) is -0.680. The first kappa shape index (κ1) is 11.6. The van der Waals surface area contributed by atoms with E-state index < -0.39 is 5.91 Å². The lowest BCUT2D eigenvalue weighted by Gasteiger charge is -2.00. The van der Waals surface area contributed by atoms with Crippen LogP contribution < -0.4 is 10.8 Å². The van der Waals surface area contributed by atoms with Gasteiger partial charge in [-0.2, -0.15) is 0 Å². The Labute approximate surface area is 101 Å². The molecule has 2 aromatic rings. The number of hydrogen-bond donors (Lipinski definition) is 3. The zero-order valence-electron chi connectivity index (χ0n) is 8.98. The van der Waals surface area contributed by atoms with Gasteiger partial charge in [0.25, 0.3) is 5.91 Å². The Morgan fingerprint density at radius 3 is 2.71 bits per heavy atom. The molecule has 0 spiro atoms. The third-order valence-electron chi connectivity index (χ3n) is 2.16. The molecule has 2 rings (SSSR count). The van der Waals surface area contributed by atoms with Gasteiger partial charge in [0.2, 0.25) is 5.91 Å². The number of hydrogen-bond acceptors (Lipinski definition) is 4. The van der Waals surface area contributed by atoms with Crippen LogP contribution in [0.3, 0.4) is 0 Å². The minimum Gasteiger partial charge on any atom is -0.326 e. The van der Waals surface area contributed by atoms with E-state index in [1.807, 2.05) is 6.07 Å². The van der Waals surface area contributed by atoms with E-state index in [0.29, 0.717) is 10.6 Å². The number of nitrogens with one attached hydrogen (secondary N) is 2. The fourth-order valence-electron chi connectivity index (χ4n) is 1.49. The molecule has 0 aliphatic carbocycles. The van der Waals surface area contributed by atoms with Crippen LogP contribution in [0.1, 0.15) is 16.6 Å². The molecule has 0 saturated carbocycles. The molecule has 5 nitrogen and oxygen atoms in total. The van der Waals surface area contributed by atoms with Crippen molar-refractivity contribution in [3.63, 3.8) is 0 Å². The third-order valence-corrected chi connectivity index (χ3v) is 3.28. The van der Waals surface area contributed by atoms with Gasteiger partial charge in [-0.3, -0.25) is 14.8 Å². The van der Waals surface area contributed by atoms with Crippen LogP contribution in [-0.4, -0.2) is 17.0 Å². The lowest BCUT2D eigenvalue weighted by molar-refractivity contribution is -0.114. The first-order chi connectivity index (χ1) is 8.10. The SMILES string of the molecule is CC(=O)Nc1ccc2sc(C(=O)NO)cc2c1. The second-order valence-electron chi connectivity index (χ2n) is 3.49. The number of rotatable bonds is 2. The maximum atomic E-state index is 11.2. The molecular formula is C11H10N2O3S. The summed E-state index contributed by atoms with van der Waals surface area (Å²) in [5, 5.41) is 12.0. The summed E-state index contributed by atoms with van der Waals surface area (Å²) in [4.78, 5) is 22.5. The number of amides is 2. The van der Waals surface area contributed by atoms with Crippen molar-refractivity contribution in [2.45, 2.75) is 6.92 Å². The average molecular weight is 250 g/mol. The first-order valence-corrected chi connectivity index (χ1v) is 5.67. The molecule has 17 heavy (non-hydrogen) atoms. The van der Waals surface area contributed by atoms with E-state index in [2.05, 4.69) is 5.32 Å². The molecule has 0 radical (unpaired) electrons. The van der Waals surface area contributed by atoms with Gasteiger partial charge < -0.3 is 5.32 Å². The smallest absolute Gasteiger partial charge is 0.284 e. The molecule has 0 unspecified atom stereocenters. The van der Waals surface area contributed by atoms with E-state index in [1.54, 1.807) is 23.7 Å². The molecule has 0 bridgehead atoms. The fourth-order valence-corrected chi connectivity index (χ4v) is 2.42. The highest BCUT2D eigenvalue weighted by Crippen LogP contribution is 2.28. The molecule has 6 heteroatoms. The topological polar surface area (TPSA) is 78.4 Å². The molecule has 88 valence electrons. The lowest BCUT2D eigenvalue weighted by atomic mass is 10.2. The van der Waals surface area contributed by atoms with Gasteiger partial charge >= 0.3 is 0 Å². The van der Waals surface area contributed by atoms with Crippen molar-refractivity contribution in [1.82, 2.24) is 5.48 Å². The van der Waals surface area contributed by atoms with E-state index in [-0.39, 0.29) is 5.91 Å². The van der Waals surface area contributed by atoms with Crippen LogP contribution in [-0.2, 0) is 4.79 Å². The Hall–Kier alpha value is -1.92. The van der Waals surface area contributed by atoms with Gasteiger partial charge in [0.05, 0.1) is 4.88 Å². The van der Waals surface area contributed by atoms with Crippen molar-refractivity contribution >= 4 is 38.9 Å². The molecule has 1 aromatic carbocycles. The quantitative estimate of drug-likeness (QED) is 0.563. The van der Waals surface area contributed by atoms with Gasteiger partial charge in [-0.05, 0) is 29.7 Å². The van der Waals surface area contributed by atoms with Gasteiger partial charge in [0.15, 0.2) is 0 Å². The van der Waals surface area contributed by atoms with Crippen molar-refractivity contribution in [3.8, 4) is 0 Å². The normalized spacial score (nSPS) is 10.2. The van der Waals surface area contributed by atoms with Gasteiger partial charge in [-0.25, -0.2) is 5.48 Å². The van der Waals surface area contributed by atoms with Crippen molar-refractivity contribution in [2.75, 3.05) is 5.32 Å². The van der Waals surface area contributed by atoms with E-state index in [4.69, 9.17) is 5.21 Å². The Kier molecular flexibility index (Phi) is 3.08. The Bertz CT molecular complexity index is 591. The predicted octanol–water partition coefficient (Wildman–Crippen LogP) is 1.98. The second-order valence-corrected chi connectivity index (χ2v) is 4.57. The summed E-state index contributed by atoms with van der Waals surface area (Å²) < 4.78 is 0.915. The average Bonchev–Trinajstić information content (AvgIpc) is 2.70. The van der Waals surface area contributed by atoms with E-state index in [9.17, 15) is 9.59 Å². The highest BCUT2D eigenvalue weighted by atomic mass is 32.1. The summed E-state index contributed by atoms with van der Waals surface area (Å²) in [7, 11) is 0. The number of benzene rings is 1. The fraction of sp³-hybridized carbons (Fsp3) is 0.0909. The standard InChI is InChI=1S/C11H10N2O3S/c1-6(14)12-8-2-3-9-7(4-8)5-10(17-9)11(15)13-16/h2-5,16H,1H3,(H,12,14)(H,13,15). The number of fused-ring (bicyclic) bond motifs is 1. The first-order valence-electron chi connectivity index (χ1n) is 4.86. The largest absolute Gasteiger partial charge is 0.326 e. The number of anilines is 1. The number of carbonyl (C=O) groups is 2. The summed E-state index contributed by atoms with van der Waals surface area (Å²) >= 11 is 1.27. The van der Waals surface area contributed by atoms with Crippen molar-refractivity contribution in [3.05, 3.63) is 29.1 Å². The maximum absolute atomic E-state index is 11.2. The molecule has 3 N–H and O–H groups in total. The van der Waals surface area contributed by atoms with Crippen LogP contribution in [0, 0.1) is 0 Å². The molecule has 0 fully saturated rings. The molecule has 2 amide bonds. The summed E-state index contributed by atoms with van der Waals surface area (Å²) in [6.07, 6.45) is 0. The highest BCUT2D eigenvalue weighted by molar-refractivity contribution is 7.20. The van der Waals surface area contributed by atoms with Gasteiger partial charge in [-0.15, -0.1) is 11.3 Å². The van der Waals surface area contributed by atoms with Crippen LogP contribution >= 0.6 is 11.3 Å². The number of carbonyl (C=O) groups excluding carboxylic acids is 2. The van der Waals surface area contributed by atoms with E-state index in [0.717, 1.165) is 10.1 Å². The van der Waals surface area contributed by atoms with Gasteiger partial charge in [0.1, 0.15) is 0 Å². The minimum atomic E-state index is -0.535. The molecule has 0 aliphatic heterocycles. The molecule has 0 aliphatic rings. The number of thiophene rings is 1. The molecule has 0 atom stereocenters. The summed E-state index contributed by atoms with van der Waals surface area (Å²) in [6, 6.07) is 7.03. The third kappa shape index (κ3) is 2.43. The predicted molar refractivity (Wildman–Crippen MR) is 65.4 cm³/mol. The molecular weight excluding hydrogens is 240 g/mol. The summed E-state index contributed by atoms with van der Waals surface area (Å²) in [5.41, 5.74) is 2.27. The van der Waals surface area contributed by atoms with Crippen LogP contribution in [0.15, 0.2) is 24.3 Å². The number of hydroxylamine groups is 1. The van der Waals surface area contributed by atoms with Gasteiger partial charge in [-0.1, -0.05) is 0 Å². The zero-order chi connectivity index (χ0) is 12.4. The Morgan fingerprint density at radius 2 is 2.06 bits per heavy atom. The van der Waals surface area contributed by atoms with Crippen LogP contribution in [0.5, 0.6) is 0 Å². The van der Waals surface area contributed by atoms with Crippen LogP contribution in [0.25, 0.3) is 10.1 Å². The maximum Gasteiger partial charge on any atom is 0.284 e. The molecule has 1 heterocycles. The van der Waals surface area contributed by atoms with E-state index >= 15 is 0 Å². The Balaban J connectivity index is 2.40. The van der Waals surface area contributed by atoms with Crippen LogP contribution in [0.2, 0.25) is 0 Å². The monoisotopic (exact) mass is 250 g/mol. The van der Waals surface area contributed by atoms with Crippen molar-refractivity contribution in [1.29, 1.82) is 0 Å². The zero-order valence-corrected chi connectivity index (χ0v) is 9.80. The minimum absolute atomic E-state index is 0.145. The van der Waals surface area contributed by atoms with E-state index in [1.165, 1.54) is 18.3 Å². The summed E-state index contributed by atoms with van der Waals surface area (Å²) in [6.45, 7) is 1.43. The molecule has 1 aromatic heterocycles. The second kappa shape index (κ2) is 4.52. The van der Waals surface area contributed by atoms with Crippen LogP contribution in [0.4, 0.5) is 5.69 Å². The molecule has 0 saturated heterocycles. The van der Waals surface area contributed by atoms with Crippen molar-refractivity contribution in [2.24, 2.45) is 0 Å². The van der Waals surface area contributed by atoms with Gasteiger partial charge in [0, 0.05) is 17.3 Å². The Morgan fingerprint density at radius 1 is 1.29 bits per heavy atom.